The first kappa shape index (κ1) is 22.0. The summed E-state index contributed by atoms with van der Waals surface area (Å²) in [6.45, 7) is 9.44. The van der Waals surface area contributed by atoms with Crippen LogP contribution in [0, 0.1) is 5.82 Å². The lowest BCUT2D eigenvalue weighted by Crippen LogP contribution is -2.50. The number of rotatable bonds is 6. The molecule has 2 aromatic rings. The fourth-order valence-electron chi connectivity index (χ4n) is 4.24. The minimum absolute atomic E-state index is 0.228. The Morgan fingerprint density at radius 1 is 1.34 bits per heavy atom. The van der Waals surface area contributed by atoms with Crippen molar-refractivity contribution in [2.45, 2.75) is 32.0 Å². The molecule has 1 fully saturated rings. The molecule has 166 valence electrons. The zero-order valence-electron chi connectivity index (χ0n) is 18.0. The van der Waals surface area contributed by atoms with Crippen molar-refractivity contribution in [2.75, 3.05) is 12.4 Å². The van der Waals surface area contributed by atoms with Crippen molar-refractivity contribution >= 4 is 37.7 Å². The number of hydrogen-bond donors (Lipinski definition) is 2. The Labute approximate surface area is 189 Å². The number of nitrogens with one attached hydrogen (secondary N) is 2. The molecule has 1 saturated heterocycles. The molecular weight excluding hydrogens is 426 g/mol. The lowest BCUT2D eigenvalue weighted by atomic mass is 10.0. The average Bonchev–Trinajstić information content (AvgIpc) is 3.05. The van der Waals surface area contributed by atoms with Crippen molar-refractivity contribution < 1.29 is 14.0 Å². The highest BCUT2D eigenvalue weighted by atomic mass is 31.0. The van der Waals surface area contributed by atoms with E-state index in [2.05, 4.69) is 33.0 Å². The van der Waals surface area contributed by atoms with Gasteiger partial charge < -0.3 is 15.1 Å². The molecule has 2 unspecified atom stereocenters. The van der Waals surface area contributed by atoms with Crippen LogP contribution in [0.15, 0.2) is 55.4 Å². The number of benzene rings is 2. The number of fused-ring (bicyclic) bond motifs is 1. The molecule has 6 nitrogen and oxygen atoms in total. The molecule has 0 spiro atoms. The van der Waals surface area contributed by atoms with Crippen LogP contribution >= 0.6 is 9.24 Å². The molecule has 2 aromatic carbocycles. The monoisotopic (exact) mass is 452 g/mol. The second-order valence-corrected chi connectivity index (χ2v) is 8.85. The Morgan fingerprint density at radius 3 is 2.84 bits per heavy atom. The van der Waals surface area contributed by atoms with Gasteiger partial charge in [0.25, 0.3) is 0 Å². The molecule has 2 amide bonds. The van der Waals surface area contributed by atoms with Gasteiger partial charge in [-0.15, -0.1) is 9.24 Å². The molecule has 0 aromatic heterocycles. The third-order valence-corrected chi connectivity index (χ3v) is 6.26. The Kier molecular flexibility index (Phi) is 6.02. The molecule has 8 heteroatoms. The van der Waals surface area contributed by atoms with Crippen molar-refractivity contribution in [1.29, 1.82) is 0 Å². The number of carbonyl (C=O) groups excluding carboxylic acids is 2. The fourth-order valence-corrected chi connectivity index (χ4v) is 4.57. The maximum absolute atomic E-state index is 13.7. The molecule has 32 heavy (non-hydrogen) atoms. The fraction of sp³-hybridized carbons (Fsp3) is 0.250. The maximum atomic E-state index is 13.7. The summed E-state index contributed by atoms with van der Waals surface area (Å²) in [7, 11) is 4.40. The Bertz CT molecular complexity index is 1110. The zero-order valence-corrected chi connectivity index (χ0v) is 19.1. The first-order valence-electron chi connectivity index (χ1n) is 10.4. The third kappa shape index (κ3) is 4.39. The van der Waals surface area contributed by atoms with Crippen LogP contribution < -0.4 is 15.9 Å². The lowest BCUT2D eigenvalue weighted by molar-refractivity contribution is -0.136. The number of amides is 2. The highest BCUT2D eigenvalue weighted by Gasteiger charge is 2.36. The highest BCUT2D eigenvalue weighted by molar-refractivity contribution is 7.27. The standard InChI is InChI=1S/C24H26FN4O2P/c1-14-20-6-4-5-16(21(20)13-29(14)22-7-8-23(30)27-24(22)31)12-28(3)15(2)26-18-9-17(25)10-19(32)11-18/h4-6,9-11,22,26H,1-2,7-8,12-13,32H2,3H3,(H,27,30,31). The topological polar surface area (TPSA) is 64.7 Å². The maximum Gasteiger partial charge on any atom is 0.249 e. The number of carbonyl (C=O) groups is 2. The molecule has 0 radical (unpaired) electrons. The molecule has 2 aliphatic heterocycles. The largest absolute Gasteiger partial charge is 0.357 e. The minimum atomic E-state index is -0.399. The van der Waals surface area contributed by atoms with Gasteiger partial charge in [0.1, 0.15) is 11.9 Å². The normalized spacial score (nSPS) is 17.8. The molecular formula is C24H26FN4O2P. The van der Waals surface area contributed by atoms with E-state index in [9.17, 15) is 14.0 Å². The van der Waals surface area contributed by atoms with Crippen molar-refractivity contribution in [3.63, 3.8) is 0 Å². The van der Waals surface area contributed by atoms with Gasteiger partial charge in [-0.1, -0.05) is 31.4 Å². The minimum Gasteiger partial charge on any atom is -0.357 e. The van der Waals surface area contributed by atoms with Crippen LogP contribution in [0.25, 0.3) is 5.70 Å². The molecule has 2 N–H and O–H groups in total. The van der Waals surface area contributed by atoms with Gasteiger partial charge >= 0.3 is 0 Å². The Morgan fingerprint density at radius 2 is 2.12 bits per heavy atom. The predicted octanol–water partition coefficient (Wildman–Crippen LogP) is 2.93. The van der Waals surface area contributed by atoms with Gasteiger partial charge in [0.2, 0.25) is 11.8 Å². The van der Waals surface area contributed by atoms with Crippen molar-refractivity contribution in [1.82, 2.24) is 15.1 Å². The van der Waals surface area contributed by atoms with Gasteiger partial charge in [-0.25, -0.2) is 4.39 Å². The summed E-state index contributed by atoms with van der Waals surface area (Å²) in [5, 5.41) is 6.33. The summed E-state index contributed by atoms with van der Waals surface area (Å²) < 4.78 is 13.7. The lowest BCUT2D eigenvalue weighted by Gasteiger charge is -2.31. The number of hydrogen-bond acceptors (Lipinski definition) is 5. The van der Waals surface area contributed by atoms with Gasteiger partial charge in [0.15, 0.2) is 0 Å². The van der Waals surface area contributed by atoms with Gasteiger partial charge in [-0.05, 0) is 41.1 Å². The van der Waals surface area contributed by atoms with Crippen LogP contribution in [0.1, 0.15) is 29.5 Å². The van der Waals surface area contributed by atoms with Crippen LogP contribution in [-0.2, 0) is 22.7 Å². The van der Waals surface area contributed by atoms with E-state index < -0.39 is 6.04 Å². The smallest absolute Gasteiger partial charge is 0.249 e. The number of anilines is 1. The second kappa shape index (κ2) is 8.75. The van der Waals surface area contributed by atoms with Crippen molar-refractivity contribution in [3.8, 4) is 0 Å². The summed E-state index contributed by atoms with van der Waals surface area (Å²) in [5.74, 6) is -0.177. The van der Waals surface area contributed by atoms with Gasteiger partial charge in [0, 0.05) is 43.5 Å². The van der Waals surface area contributed by atoms with E-state index in [-0.39, 0.29) is 17.6 Å². The molecule has 2 atom stereocenters. The SMILES string of the molecule is C=C(Nc1cc(F)cc(P)c1)N(C)Cc1cccc2c1CN(C1CCC(=O)NC1=O)C2=C. The van der Waals surface area contributed by atoms with Crippen LogP contribution in [0.5, 0.6) is 0 Å². The number of halogens is 1. The van der Waals surface area contributed by atoms with Crippen molar-refractivity contribution in [2.24, 2.45) is 0 Å². The first-order valence-corrected chi connectivity index (χ1v) is 10.9. The summed E-state index contributed by atoms with van der Waals surface area (Å²) in [6.07, 6.45) is 0.814. The van der Waals surface area contributed by atoms with E-state index in [4.69, 9.17) is 0 Å². The van der Waals surface area contributed by atoms with Gasteiger partial charge in [-0.3, -0.25) is 14.9 Å². The van der Waals surface area contributed by atoms with E-state index in [1.165, 1.54) is 12.1 Å². The summed E-state index contributed by atoms with van der Waals surface area (Å²) >= 11 is 0. The molecule has 2 heterocycles. The summed E-state index contributed by atoms with van der Waals surface area (Å²) in [5.41, 5.74) is 4.64. The molecule has 2 aliphatic rings. The first-order chi connectivity index (χ1) is 15.2. The van der Waals surface area contributed by atoms with E-state index in [1.54, 1.807) is 0 Å². The van der Waals surface area contributed by atoms with Gasteiger partial charge in [-0.2, -0.15) is 0 Å². The van der Waals surface area contributed by atoms with E-state index in [1.807, 2.05) is 41.1 Å². The molecule has 0 aliphatic carbocycles. The number of nitrogens with zero attached hydrogens (tertiary/aromatic N) is 2. The average molecular weight is 452 g/mol. The van der Waals surface area contributed by atoms with E-state index >= 15 is 0 Å². The van der Waals surface area contributed by atoms with Crippen LogP contribution in [0.4, 0.5) is 10.1 Å². The van der Waals surface area contributed by atoms with Gasteiger partial charge in [0.05, 0.1) is 5.82 Å². The Hall–Kier alpha value is -3.18. The molecule has 0 saturated carbocycles. The highest BCUT2D eigenvalue weighted by Crippen LogP contribution is 2.37. The second-order valence-electron chi connectivity index (χ2n) is 8.19. The third-order valence-electron chi connectivity index (χ3n) is 5.92. The van der Waals surface area contributed by atoms with E-state index in [0.29, 0.717) is 37.4 Å². The molecule has 0 bridgehead atoms. The van der Waals surface area contributed by atoms with Crippen LogP contribution in [-0.4, -0.2) is 34.7 Å². The quantitative estimate of drug-likeness (QED) is 0.521. The zero-order chi connectivity index (χ0) is 23.0. The summed E-state index contributed by atoms with van der Waals surface area (Å²) in [6, 6.07) is 10.3. The van der Waals surface area contributed by atoms with Crippen LogP contribution in [0.2, 0.25) is 0 Å². The van der Waals surface area contributed by atoms with E-state index in [0.717, 1.165) is 27.7 Å². The Balaban J connectivity index is 1.49. The number of piperidine rings is 1. The van der Waals surface area contributed by atoms with Crippen molar-refractivity contribution in [3.05, 3.63) is 77.9 Å². The number of imide groups is 1. The molecule has 4 rings (SSSR count). The summed E-state index contributed by atoms with van der Waals surface area (Å²) in [4.78, 5) is 27.9. The predicted molar refractivity (Wildman–Crippen MR) is 127 cm³/mol. The van der Waals surface area contributed by atoms with Crippen LogP contribution in [0.3, 0.4) is 0 Å².